The highest BCUT2D eigenvalue weighted by atomic mass is 19.4. The Hall–Kier alpha value is -1.52. The van der Waals surface area contributed by atoms with Gasteiger partial charge in [0.1, 0.15) is 6.54 Å². The van der Waals surface area contributed by atoms with E-state index < -0.39 is 18.6 Å². The molecule has 2 nitrogen and oxygen atoms in total. The summed E-state index contributed by atoms with van der Waals surface area (Å²) in [5.41, 5.74) is 1.20. The van der Waals surface area contributed by atoms with E-state index in [9.17, 15) is 18.0 Å². The number of hydrogen-bond donors (Lipinski definition) is 1. The second kappa shape index (κ2) is 5.00. The number of alkyl halides is 3. The topological polar surface area (TPSA) is 29.1 Å². The third-order valence-electron chi connectivity index (χ3n) is 2.46. The van der Waals surface area contributed by atoms with Gasteiger partial charge in [0, 0.05) is 5.56 Å². The van der Waals surface area contributed by atoms with Crippen LogP contribution in [0.3, 0.4) is 0 Å². The van der Waals surface area contributed by atoms with Gasteiger partial charge in [0.05, 0.1) is 0 Å². The Kier molecular flexibility index (Phi) is 4.04. The van der Waals surface area contributed by atoms with Crippen molar-refractivity contribution >= 4 is 5.91 Å². The lowest BCUT2D eigenvalue weighted by molar-refractivity contribution is -0.123. The smallest absolute Gasteiger partial charge is 0.343 e. The maximum absolute atomic E-state index is 11.9. The molecule has 0 aliphatic carbocycles. The molecule has 0 saturated heterocycles. The Morgan fingerprint density at radius 2 is 1.61 bits per heavy atom. The van der Waals surface area contributed by atoms with E-state index >= 15 is 0 Å². The Bertz CT molecular complexity index is 415. The highest BCUT2D eigenvalue weighted by Crippen LogP contribution is 2.22. The van der Waals surface area contributed by atoms with Gasteiger partial charge in [0.25, 0.3) is 5.91 Å². The number of nitrogens with one attached hydrogen (secondary N) is 1. The van der Waals surface area contributed by atoms with Crippen LogP contribution < -0.4 is 5.32 Å². The van der Waals surface area contributed by atoms with E-state index in [0.29, 0.717) is 0 Å². The predicted octanol–water partition coefficient (Wildman–Crippen LogP) is 3.28. The fourth-order valence-electron chi connectivity index (χ4n) is 1.40. The predicted molar refractivity (Wildman–Crippen MR) is 63.5 cm³/mol. The zero-order valence-corrected chi connectivity index (χ0v) is 10.6. The van der Waals surface area contributed by atoms with Crippen molar-refractivity contribution in [2.24, 2.45) is 0 Å². The zero-order chi connectivity index (χ0) is 14.0. The van der Waals surface area contributed by atoms with E-state index in [0.717, 1.165) is 5.56 Å². The minimum Gasteiger partial charge on any atom is -0.343 e. The molecule has 1 rings (SSSR count). The van der Waals surface area contributed by atoms with Crippen molar-refractivity contribution in [1.82, 2.24) is 5.32 Å². The first-order chi connectivity index (χ1) is 8.09. The van der Waals surface area contributed by atoms with Crippen molar-refractivity contribution in [2.75, 3.05) is 6.54 Å². The molecular formula is C13H16F3NO. The molecule has 1 amide bonds. The van der Waals surface area contributed by atoms with Crippen molar-refractivity contribution < 1.29 is 18.0 Å². The number of benzene rings is 1. The molecule has 0 spiro atoms. The second-order valence-electron chi connectivity index (χ2n) is 5.13. The van der Waals surface area contributed by atoms with Crippen LogP contribution in [0.25, 0.3) is 0 Å². The number of carbonyl (C=O) groups excluding carboxylic acids is 1. The molecule has 0 heterocycles. The van der Waals surface area contributed by atoms with Gasteiger partial charge >= 0.3 is 6.18 Å². The third-order valence-corrected chi connectivity index (χ3v) is 2.46. The van der Waals surface area contributed by atoms with Crippen LogP contribution in [-0.2, 0) is 5.41 Å². The monoisotopic (exact) mass is 259 g/mol. The zero-order valence-electron chi connectivity index (χ0n) is 10.6. The summed E-state index contributed by atoms with van der Waals surface area (Å²) in [4.78, 5) is 11.4. The molecule has 0 radical (unpaired) electrons. The van der Waals surface area contributed by atoms with Crippen molar-refractivity contribution in [3.63, 3.8) is 0 Å². The molecular weight excluding hydrogens is 243 g/mol. The Balaban J connectivity index is 2.71. The molecule has 0 bridgehead atoms. The fourth-order valence-corrected chi connectivity index (χ4v) is 1.40. The summed E-state index contributed by atoms with van der Waals surface area (Å²) in [7, 11) is 0. The maximum Gasteiger partial charge on any atom is 0.405 e. The molecule has 1 aromatic carbocycles. The van der Waals surface area contributed by atoms with E-state index in [4.69, 9.17) is 0 Å². The Labute approximate surface area is 104 Å². The van der Waals surface area contributed by atoms with E-state index in [1.807, 2.05) is 26.1 Å². The van der Waals surface area contributed by atoms with E-state index in [2.05, 4.69) is 0 Å². The summed E-state index contributed by atoms with van der Waals surface area (Å²) >= 11 is 0. The molecule has 0 saturated carbocycles. The van der Waals surface area contributed by atoms with E-state index in [-0.39, 0.29) is 11.0 Å². The van der Waals surface area contributed by atoms with E-state index in [1.54, 1.807) is 12.1 Å². The van der Waals surface area contributed by atoms with Crippen LogP contribution >= 0.6 is 0 Å². The van der Waals surface area contributed by atoms with Crippen LogP contribution in [0.2, 0.25) is 0 Å². The van der Waals surface area contributed by atoms with Gasteiger partial charge in [0.2, 0.25) is 0 Å². The fraction of sp³-hybridized carbons (Fsp3) is 0.462. The summed E-state index contributed by atoms with van der Waals surface area (Å²) in [6.07, 6.45) is -4.39. The molecule has 0 aliphatic rings. The number of rotatable bonds is 2. The highest BCUT2D eigenvalue weighted by Gasteiger charge is 2.27. The average Bonchev–Trinajstić information content (AvgIpc) is 2.24. The molecule has 0 fully saturated rings. The van der Waals surface area contributed by atoms with Crippen molar-refractivity contribution in [2.45, 2.75) is 32.4 Å². The number of hydrogen-bond acceptors (Lipinski definition) is 1. The quantitative estimate of drug-likeness (QED) is 0.867. The largest absolute Gasteiger partial charge is 0.405 e. The van der Waals surface area contributed by atoms with Crippen LogP contribution in [0, 0.1) is 0 Å². The van der Waals surface area contributed by atoms with Gasteiger partial charge in [-0.2, -0.15) is 13.2 Å². The molecule has 1 aromatic rings. The molecule has 0 atom stereocenters. The molecule has 0 unspecified atom stereocenters. The first kappa shape index (κ1) is 14.5. The molecule has 18 heavy (non-hydrogen) atoms. The summed E-state index contributed by atoms with van der Waals surface area (Å²) in [5, 5.41) is 1.83. The summed E-state index contributed by atoms with van der Waals surface area (Å²) in [6, 6.07) is 6.57. The third kappa shape index (κ3) is 4.39. The summed E-state index contributed by atoms with van der Waals surface area (Å²) in [5.74, 6) is -0.715. The van der Waals surface area contributed by atoms with Gasteiger partial charge in [-0.3, -0.25) is 4.79 Å². The van der Waals surface area contributed by atoms with Gasteiger partial charge in [-0.15, -0.1) is 0 Å². The van der Waals surface area contributed by atoms with Crippen LogP contribution in [-0.4, -0.2) is 18.6 Å². The molecule has 5 heteroatoms. The average molecular weight is 259 g/mol. The molecule has 100 valence electrons. The normalized spacial score (nSPS) is 12.3. The standard InChI is InChI=1S/C13H16F3NO/c1-12(2,3)10-6-4-9(5-7-10)11(18)17-8-13(14,15)16/h4-7H,8H2,1-3H3,(H,17,18). The minimum atomic E-state index is -4.39. The lowest BCUT2D eigenvalue weighted by atomic mass is 9.87. The SMILES string of the molecule is CC(C)(C)c1ccc(C(=O)NCC(F)(F)F)cc1. The molecule has 1 N–H and O–H groups in total. The van der Waals surface area contributed by atoms with Gasteiger partial charge in [-0.25, -0.2) is 0 Å². The van der Waals surface area contributed by atoms with Gasteiger partial charge in [-0.05, 0) is 23.1 Å². The van der Waals surface area contributed by atoms with E-state index in [1.165, 1.54) is 12.1 Å². The van der Waals surface area contributed by atoms with Crippen LogP contribution in [0.1, 0.15) is 36.7 Å². The summed E-state index contributed by atoms with van der Waals surface area (Å²) in [6.45, 7) is 4.75. The van der Waals surface area contributed by atoms with Gasteiger partial charge < -0.3 is 5.32 Å². The maximum atomic E-state index is 11.9. The lowest BCUT2D eigenvalue weighted by Gasteiger charge is -2.19. The summed E-state index contributed by atoms with van der Waals surface area (Å²) < 4.78 is 35.8. The molecule has 0 aliphatic heterocycles. The lowest BCUT2D eigenvalue weighted by Crippen LogP contribution is -2.33. The number of amides is 1. The van der Waals surface area contributed by atoms with Gasteiger partial charge in [-0.1, -0.05) is 32.9 Å². The van der Waals surface area contributed by atoms with Crippen LogP contribution in [0.5, 0.6) is 0 Å². The second-order valence-corrected chi connectivity index (χ2v) is 5.13. The number of carbonyl (C=O) groups is 1. The highest BCUT2D eigenvalue weighted by molar-refractivity contribution is 5.94. The number of halogens is 3. The van der Waals surface area contributed by atoms with Crippen LogP contribution in [0.15, 0.2) is 24.3 Å². The first-order valence-electron chi connectivity index (χ1n) is 5.55. The van der Waals surface area contributed by atoms with Crippen molar-refractivity contribution in [3.8, 4) is 0 Å². The van der Waals surface area contributed by atoms with Crippen LogP contribution in [0.4, 0.5) is 13.2 Å². The first-order valence-corrected chi connectivity index (χ1v) is 5.55. The molecule has 0 aromatic heterocycles. The van der Waals surface area contributed by atoms with Gasteiger partial charge in [0.15, 0.2) is 0 Å². The Morgan fingerprint density at radius 1 is 1.11 bits per heavy atom. The minimum absolute atomic E-state index is 0.0546. The Morgan fingerprint density at radius 3 is 2.00 bits per heavy atom. The van der Waals surface area contributed by atoms with Crippen molar-refractivity contribution in [1.29, 1.82) is 0 Å². The van der Waals surface area contributed by atoms with Crippen molar-refractivity contribution in [3.05, 3.63) is 35.4 Å².